The number of Topliss-reactive ketones (excluding diaryl/α,β-unsaturated/α-hetero) is 1. The van der Waals surface area contributed by atoms with Crippen molar-refractivity contribution in [1.29, 1.82) is 0 Å². The van der Waals surface area contributed by atoms with Gasteiger partial charge in [0.1, 0.15) is 5.75 Å². The summed E-state index contributed by atoms with van der Waals surface area (Å²) in [6, 6.07) is 12.4. The second-order valence-electron chi connectivity index (χ2n) is 5.07. The number of rotatable bonds is 5. The van der Waals surface area contributed by atoms with Gasteiger partial charge in [-0.15, -0.1) is 10.2 Å². The van der Waals surface area contributed by atoms with E-state index in [-0.39, 0.29) is 11.5 Å². The van der Waals surface area contributed by atoms with Gasteiger partial charge in [0.15, 0.2) is 5.78 Å². The summed E-state index contributed by atoms with van der Waals surface area (Å²) in [5.41, 5.74) is 2.04. The summed E-state index contributed by atoms with van der Waals surface area (Å²) in [7, 11) is 0. The van der Waals surface area contributed by atoms with E-state index < -0.39 is 0 Å². The number of phenols is 1. The zero-order chi connectivity index (χ0) is 17.1. The molecule has 1 heterocycles. The van der Waals surface area contributed by atoms with Crippen molar-refractivity contribution in [3.8, 4) is 17.2 Å². The van der Waals surface area contributed by atoms with Crippen LogP contribution in [0.15, 0.2) is 56.6 Å². The Labute approximate surface area is 151 Å². The Hall–Kier alpha value is -2.12. The van der Waals surface area contributed by atoms with Crippen molar-refractivity contribution in [2.75, 3.05) is 0 Å². The van der Waals surface area contributed by atoms with Crippen molar-refractivity contribution in [1.82, 2.24) is 10.2 Å². The summed E-state index contributed by atoms with van der Waals surface area (Å²) in [6.45, 7) is 1.49. The average Bonchev–Trinajstić information content (AvgIpc) is 3.03. The Balaban J connectivity index is 1.73. The SMILES string of the molecule is CC(=O)c1ccc(O)c(CSc2nnc(-c3ccc(Br)cc3)o2)c1. The van der Waals surface area contributed by atoms with Crippen LogP contribution >= 0.6 is 27.7 Å². The maximum Gasteiger partial charge on any atom is 0.277 e. The molecule has 0 amide bonds. The van der Waals surface area contributed by atoms with Crippen LogP contribution in [0.1, 0.15) is 22.8 Å². The van der Waals surface area contributed by atoms with E-state index in [1.54, 1.807) is 12.1 Å². The molecule has 24 heavy (non-hydrogen) atoms. The molecule has 5 nitrogen and oxygen atoms in total. The number of phenolic OH excluding ortho intramolecular Hbond substituents is 1. The number of carbonyl (C=O) groups excluding carboxylic acids is 1. The lowest BCUT2D eigenvalue weighted by molar-refractivity contribution is 0.101. The molecule has 0 unspecified atom stereocenters. The highest BCUT2D eigenvalue weighted by molar-refractivity contribution is 9.10. The molecule has 122 valence electrons. The first-order valence-electron chi connectivity index (χ1n) is 7.08. The molecule has 3 aromatic rings. The molecular formula is C17H13BrN2O3S. The summed E-state index contributed by atoms with van der Waals surface area (Å²) < 4.78 is 6.60. The molecule has 0 radical (unpaired) electrons. The van der Waals surface area contributed by atoms with E-state index in [9.17, 15) is 9.90 Å². The van der Waals surface area contributed by atoms with E-state index in [4.69, 9.17) is 4.42 Å². The molecule has 0 spiro atoms. The maximum absolute atomic E-state index is 11.4. The van der Waals surface area contributed by atoms with Gasteiger partial charge in [0.05, 0.1) is 0 Å². The molecule has 1 aromatic heterocycles. The van der Waals surface area contributed by atoms with Gasteiger partial charge in [0.25, 0.3) is 5.22 Å². The number of benzene rings is 2. The van der Waals surface area contributed by atoms with Gasteiger partial charge in [-0.05, 0) is 49.4 Å². The van der Waals surface area contributed by atoms with E-state index >= 15 is 0 Å². The molecule has 0 aliphatic heterocycles. The lowest BCUT2D eigenvalue weighted by Gasteiger charge is -2.04. The molecule has 0 aliphatic carbocycles. The Morgan fingerprint density at radius 3 is 2.67 bits per heavy atom. The number of hydrogen-bond donors (Lipinski definition) is 1. The third kappa shape index (κ3) is 3.85. The van der Waals surface area contributed by atoms with E-state index in [2.05, 4.69) is 26.1 Å². The summed E-state index contributed by atoms with van der Waals surface area (Å²) in [6.07, 6.45) is 0. The summed E-state index contributed by atoms with van der Waals surface area (Å²) >= 11 is 4.68. The Bertz CT molecular complexity index is 878. The van der Waals surface area contributed by atoms with Crippen molar-refractivity contribution >= 4 is 33.5 Å². The third-order valence-electron chi connectivity index (χ3n) is 3.33. The van der Waals surface area contributed by atoms with Gasteiger partial charge in [-0.3, -0.25) is 4.79 Å². The van der Waals surface area contributed by atoms with Crippen LogP contribution in [0.3, 0.4) is 0 Å². The summed E-state index contributed by atoms with van der Waals surface area (Å²) in [5, 5.41) is 18.3. The Morgan fingerprint density at radius 1 is 1.21 bits per heavy atom. The van der Waals surface area contributed by atoms with Crippen LogP contribution in [0.4, 0.5) is 0 Å². The first kappa shape index (κ1) is 16.7. The predicted octanol–water partition coefficient (Wildman–Crippen LogP) is 4.70. The van der Waals surface area contributed by atoms with Crippen molar-refractivity contribution in [3.63, 3.8) is 0 Å². The molecule has 0 aliphatic rings. The first-order valence-corrected chi connectivity index (χ1v) is 8.86. The van der Waals surface area contributed by atoms with Gasteiger partial charge in [-0.2, -0.15) is 0 Å². The van der Waals surface area contributed by atoms with Crippen LogP contribution in [-0.2, 0) is 5.75 Å². The molecule has 1 N–H and O–H groups in total. The van der Waals surface area contributed by atoms with Gasteiger partial charge in [0, 0.05) is 26.9 Å². The zero-order valence-electron chi connectivity index (χ0n) is 12.7. The second kappa shape index (κ2) is 7.19. The number of nitrogens with zero attached hydrogens (tertiary/aromatic N) is 2. The number of aromatic hydroxyl groups is 1. The molecular weight excluding hydrogens is 392 g/mol. The van der Waals surface area contributed by atoms with Crippen LogP contribution in [0, 0.1) is 0 Å². The monoisotopic (exact) mass is 404 g/mol. The van der Waals surface area contributed by atoms with Crippen molar-refractivity contribution in [3.05, 3.63) is 58.1 Å². The minimum absolute atomic E-state index is 0.0448. The topological polar surface area (TPSA) is 76.2 Å². The van der Waals surface area contributed by atoms with E-state index in [0.29, 0.717) is 28.0 Å². The Kier molecular flexibility index (Phi) is 5.01. The number of aromatic nitrogens is 2. The van der Waals surface area contributed by atoms with Crippen molar-refractivity contribution in [2.45, 2.75) is 17.9 Å². The largest absolute Gasteiger partial charge is 0.508 e. The van der Waals surface area contributed by atoms with Crippen molar-refractivity contribution < 1.29 is 14.3 Å². The number of ketones is 1. The van der Waals surface area contributed by atoms with Crippen LogP contribution in [0.25, 0.3) is 11.5 Å². The van der Waals surface area contributed by atoms with Crippen LogP contribution < -0.4 is 0 Å². The van der Waals surface area contributed by atoms with E-state index in [1.807, 2.05) is 24.3 Å². The van der Waals surface area contributed by atoms with Crippen LogP contribution in [-0.4, -0.2) is 21.1 Å². The van der Waals surface area contributed by atoms with Gasteiger partial charge >= 0.3 is 0 Å². The number of halogens is 1. The van der Waals surface area contributed by atoms with E-state index in [1.165, 1.54) is 24.8 Å². The highest BCUT2D eigenvalue weighted by Crippen LogP contribution is 2.29. The molecule has 0 fully saturated rings. The lowest BCUT2D eigenvalue weighted by Crippen LogP contribution is -1.93. The highest BCUT2D eigenvalue weighted by Gasteiger charge is 2.11. The van der Waals surface area contributed by atoms with E-state index in [0.717, 1.165) is 10.0 Å². The van der Waals surface area contributed by atoms with Crippen LogP contribution in [0.5, 0.6) is 5.75 Å². The normalized spacial score (nSPS) is 10.8. The molecule has 0 saturated carbocycles. The average molecular weight is 405 g/mol. The quantitative estimate of drug-likeness (QED) is 0.490. The van der Waals surface area contributed by atoms with Gasteiger partial charge in [0.2, 0.25) is 5.89 Å². The molecule has 2 aromatic carbocycles. The summed E-state index contributed by atoms with van der Waals surface area (Å²) in [4.78, 5) is 11.4. The number of thioether (sulfide) groups is 1. The van der Waals surface area contributed by atoms with Gasteiger partial charge in [-0.1, -0.05) is 27.7 Å². The maximum atomic E-state index is 11.4. The van der Waals surface area contributed by atoms with Gasteiger partial charge in [-0.25, -0.2) is 0 Å². The number of carbonyl (C=O) groups is 1. The van der Waals surface area contributed by atoms with Gasteiger partial charge < -0.3 is 9.52 Å². The molecule has 0 saturated heterocycles. The molecule has 0 bridgehead atoms. The fraction of sp³-hybridized carbons (Fsp3) is 0.118. The third-order valence-corrected chi connectivity index (χ3v) is 4.73. The fourth-order valence-electron chi connectivity index (χ4n) is 2.04. The summed E-state index contributed by atoms with van der Waals surface area (Å²) in [5.74, 6) is 0.956. The Morgan fingerprint density at radius 2 is 1.96 bits per heavy atom. The lowest BCUT2D eigenvalue weighted by atomic mass is 10.1. The highest BCUT2D eigenvalue weighted by atomic mass is 79.9. The smallest absolute Gasteiger partial charge is 0.277 e. The molecule has 3 rings (SSSR count). The second-order valence-corrected chi connectivity index (χ2v) is 6.91. The van der Waals surface area contributed by atoms with Crippen molar-refractivity contribution in [2.24, 2.45) is 0 Å². The fourth-order valence-corrected chi connectivity index (χ4v) is 3.05. The standard InChI is InChI=1S/C17H13BrN2O3S/c1-10(21)12-4-7-15(22)13(8-12)9-24-17-20-19-16(23-17)11-2-5-14(18)6-3-11/h2-8,22H,9H2,1H3. The molecule has 7 heteroatoms. The predicted molar refractivity (Wildman–Crippen MR) is 95.1 cm³/mol. The minimum atomic E-state index is -0.0448. The minimum Gasteiger partial charge on any atom is -0.508 e. The zero-order valence-corrected chi connectivity index (χ0v) is 15.1. The first-order chi connectivity index (χ1) is 11.5. The van der Waals surface area contributed by atoms with Crippen LogP contribution in [0.2, 0.25) is 0 Å². The molecule has 0 atom stereocenters. The number of hydrogen-bond acceptors (Lipinski definition) is 6.